The summed E-state index contributed by atoms with van der Waals surface area (Å²) in [6, 6.07) is 7.08. The fourth-order valence-electron chi connectivity index (χ4n) is 3.92. The lowest BCUT2D eigenvalue weighted by Crippen LogP contribution is -2.47. The maximum Gasteiger partial charge on any atom is 0.327 e. The molecule has 2 atom stereocenters. The summed E-state index contributed by atoms with van der Waals surface area (Å²) in [6.45, 7) is 0.954. The number of amides is 4. The number of urea groups is 1. The number of carbonyl (C=O) groups is 4. The highest BCUT2D eigenvalue weighted by Crippen LogP contribution is 2.39. The molecule has 4 rings (SSSR count). The van der Waals surface area contributed by atoms with E-state index in [9.17, 15) is 19.2 Å². The second kappa shape index (κ2) is 6.92. The van der Waals surface area contributed by atoms with Gasteiger partial charge >= 0.3 is 12.0 Å². The molecule has 4 amide bonds. The number of nitrogens with one attached hydrogen (secondary N) is 2. The molecular formula is C20H23N3O5. The van der Waals surface area contributed by atoms with Gasteiger partial charge < -0.3 is 15.4 Å². The number of aryl methyl sites for hydroxylation is 1. The molecule has 8 nitrogen and oxygen atoms in total. The van der Waals surface area contributed by atoms with Gasteiger partial charge in [-0.05, 0) is 50.2 Å². The molecule has 1 saturated carbocycles. The fourth-order valence-corrected chi connectivity index (χ4v) is 3.92. The van der Waals surface area contributed by atoms with E-state index in [1.807, 2.05) is 24.3 Å². The molecule has 28 heavy (non-hydrogen) atoms. The van der Waals surface area contributed by atoms with Gasteiger partial charge in [-0.15, -0.1) is 0 Å². The van der Waals surface area contributed by atoms with Crippen molar-refractivity contribution in [2.75, 3.05) is 6.54 Å². The lowest BCUT2D eigenvalue weighted by molar-refractivity contribution is -0.156. The molecule has 3 aliphatic rings. The molecule has 1 aromatic carbocycles. The van der Waals surface area contributed by atoms with Crippen LogP contribution in [0.15, 0.2) is 24.3 Å². The van der Waals surface area contributed by atoms with Gasteiger partial charge in [-0.2, -0.15) is 0 Å². The Labute approximate surface area is 162 Å². The van der Waals surface area contributed by atoms with Crippen LogP contribution in [0, 0.1) is 0 Å². The Morgan fingerprint density at radius 2 is 2.07 bits per heavy atom. The van der Waals surface area contributed by atoms with E-state index in [1.165, 1.54) is 6.92 Å². The summed E-state index contributed by atoms with van der Waals surface area (Å²) in [6.07, 6.45) is 2.98. The lowest BCUT2D eigenvalue weighted by Gasteiger charge is -2.33. The first kappa shape index (κ1) is 18.5. The molecule has 0 radical (unpaired) electrons. The van der Waals surface area contributed by atoms with E-state index < -0.39 is 36.1 Å². The normalized spacial score (nSPS) is 24.5. The van der Waals surface area contributed by atoms with Crippen molar-refractivity contribution in [1.82, 2.24) is 15.5 Å². The quantitative estimate of drug-likeness (QED) is 0.581. The summed E-state index contributed by atoms with van der Waals surface area (Å²) >= 11 is 0. The third-order valence-electron chi connectivity index (χ3n) is 5.54. The van der Waals surface area contributed by atoms with Crippen LogP contribution >= 0.6 is 0 Å². The third kappa shape index (κ3) is 3.23. The number of fused-ring (bicyclic) bond motifs is 2. The van der Waals surface area contributed by atoms with Gasteiger partial charge in [-0.3, -0.25) is 19.3 Å². The predicted octanol–water partition coefficient (Wildman–Crippen LogP) is 0.980. The highest BCUT2D eigenvalue weighted by molar-refractivity contribution is 6.09. The standard InChI is InChI=1S/C20H23N3O5/c1-12(17(25)21-14-8-9-14)28-16(24)11-23-18(26)20(22-19(23)27)10-4-6-13-5-2-3-7-15(13)20/h2-3,5,7,12,14H,4,6,8-11H2,1H3,(H,21,25)(H,22,27)/t12-,20-/m1/s1. The molecule has 1 spiro atoms. The lowest BCUT2D eigenvalue weighted by atomic mass is 9.76. The van der Waals surface area contributed by atoms with Crippen molar-refractivity contribution < 1.29 is 23.9 Å². The first-order valence-corrected chi connectivity index (χ1v) is 9.63. The van der Waals surface area contributed by atoms with Gasteiger partial charge in [0.25, 0.3) is 11.8 Å². The second-order valence-corrected chi connectivity index (χ2v) is 7.65. The number of ether oxygens (including phenoxy) is 1. The minimum Gasteiger partial charge on any atom is -0.451 e. The van der Waals surface area contributed by atoms with E-state index >= 15 is 0 Å². The van der Waals surface area contributed by atoms with Crippen LogP contribution in [-0.2, 0) is 31.1 Å². The molecule has 2 N–H and O–H groups in total. The van der Waals surface area contributed by atoms with Gasteiger partial charge in [0.1, 0.15) is 12.1 Å². The first-order chi connectivity index (χ1) is 13.4. The minimum absolute atomic E-state index is 0.158. The monoisotopic (exact) mass is 385 g/mol. The Bertz CT molecular complexity index is 850. The molecule has 0 unspecified atom stereocenters. The van der Waals surface area contributed by atoms with Crippen LogP contribution in [0.4, 0.5) is 4.79 Å². The van der Waals surface area contributed by atoms with E-state index in [0.29, 0.717) is 6.42 Å². The fraction of sp³-hybridized carbons (Fsp3) is 0.500. The van der Waals surface area contributed by atoms with Crippen LogP contribution in [0.3, 0.4) is 0 Å². The van der Waals surface area contributed by atoms with Gasteiger partial charge in [0.05, 0.1) is 0 Å². The van der Waals surface area contributed by atoms with Crippen LogP contribution in [0.1, 0.15) is 43.7 Å². The average molecular weight is 385 g/mol. The summed E-state index contributed by atoms with van der Waals surface area (Å²) in [5, 5.41) is 5.54. The maximum absolute atomic E-state index is 13.1. The third-order valence-corrected chi connectivity index (χ3v) is 5.54. The summed E-state index contributed by atoms with van der Waals surface area (Å²) in [4.78, 5) is 50.7. The number of carbonyl (C=O) groups excluding carboxylic acids is 4. The Balaban J connectivity index is 1.45. The molecule has 2 fully saturated rings. The SMILES string of the molecule is C[C@@H](OC(=O)CN1C(=O)N[C@@]2(CCCc3ccccc32)C1=O)C(=O)NC1CC1. The van der Waals surface area contributed by atoms with Gasteiger partial charge in [0.2, 0.25) is 0 Å². The molecule has 1 aliphatic heterocycles. The van der Waals surface area contributed by atoms with E-state index in [-0.39, 0.29) is 11.9 Å². The zero-order valence-corrected chi connectivity index (χ0v) is 15.7. The molecular weight excluding hydrogens is 362 g/mol. The van der Waals surface area contributed by atoms with Crippen molar-refractivity contribution in [2.45, 2.75) is 56.7 Å². The van der Waals surface area contributed by atoms with Gasteiger partial charge in [0, 0.05) is 6.04 Å². The van der Waals surface area contributed by atoms with Crippen molar-refractivity contribution in [2.24, 2.45) is 0 Å². The van der Waals surface area contributed by atoms with E-state index in [4.69, 9.17) is 4.74 Å². The number of nitrogens with zero attached hydrogens (tertiary/aromatic N) is 1. The average Bonchev–Trinajstić information content (AvgIpc) is 3.45. The van der Waals surface area contributed by atoms with Gasteiger partial charge in [-0.1, -0.05) is 24.3 Å². The molecule has 1 saturated heterocycles. The molecule has 1 heterocycles. The summed E-state index contributed by atoms with van der Waals surface area (Å²) in [5.41, 5.74) is 0.686. The number of hydrogen-bond donors (Lipinski definition) is 2. The van der Waals surface area contributed by atoms with Gasteiger partial charge in [-0.25, -0.2) is 4.79 Å². The molecule has 1 aromatic rings. The maximum atomic E-state index is 13.1. The summed E-state index contributed by atoms with van der Waals surface area (Å²) < 4.78 is 5.12. The number of hydrogen-bond acceptors (Lipinski definition) is 5. The van der Waals surface area contributed by atoms with Crippen molar-refractivity contribution in [3.8, 4) is 0 Å². The van der Waals surface area contributed by atoms with Crippen LogP contribution in [-0.4, -0.2) is 47.4 Å². The number of benzene rings is 1. The Morgan fingerprint density at radius 1 is 1.32 bits per heavy atom. The van der Waals surface area contributed by atoms with E-state index in [1.54, 1.807) is 0 Å². The number of esters is 1. The van der Waals surface area contributed by atoms with Crippen LogP contribution < -0.4 is 10.6 Å². The Hall–Kier alpha value is -2.90. The molecule has 148 valence electrons. The molecule has 0 bridgehead atoms. The second-order valence-electron chi connectivity index (χ2n) is 7.65. The van der Waals surface area contributed by atoms with Gasteiger partial charge in [0.15, 0.2) is 6.10 Å². The smallest absolute Gasteiger partial charge is 0.327 e. The highest BCUT2D eigenvalue weighted by atomic mass is 16.5. The molecule has 8 heteroatoms. The zero-order chi connectivity index (χ0) is 19.9. The highest BCUT2D eigenvalue weighted by Gasteiger charge is 2.54. The summed E-state index contributed by atoms with van der Waals surface area (Å²) in [5.74, 6) is -1.61. The Kier molecular flexibility index (Phi) is 4.56. The number of imide groups is 1. The zero-order valence-electron chi connectivity index (χ0n) is 15.7. The van der Waals surface area contributed by atoms with Crippen molar-refractivity contribution in [3.63, 3.8) is 0 Å². The van der Waals surface area contributed by atoms with Crippen LogP contribution in [0.2, 0.25) is 0 Å². The predicted molar refractivity (Wildman–Crippen MR) is 98.0 cm³/mol. The first-order valence-electron chi connectivity index (χ1n) is 9.63. The topological polar surface area (TPSA) is 105 Å². The van der Waals surface area contributed by atoms with Crippen LogP contribution in [0.5, 0.6) is 0 Å². The van der Waals surface area contributed by atoms with Crippen molar-refractivity contribution in [3.05, 3.63) is 35.4 Å². The minimum atomic E-state index is -1.12. The molecule has 0 aromatic heterocycles. The van der Waals surface area contributed by atoms with E-state index in [0.717, 1.165) is 41.7 Å². The molecule has 2 aliphatic carbocycles. The Morgan fingerprint density at radius 3 is 2.82 bits per heavy atom. The summed E-state index contributed by atoms with van der Waals surface area (Å²) in [7, 11) is 0. The van der Waals surface area contributed by atoms with Crippen molar-refractivity contribution in [1.29, 1.82) is 0 Å². The van der Waals surface area contributed by atoms with Crippen LogP contribution in [0.25, 0.3) is 0 Å². The largest absolute Gasteiger partial charge is 0.451 e. The number of rotatable bonds is 5. The van der Waals surface area contributed by atoms with E-state index in [2.05, 4.69) is 10.6 Å². The van der Waals surface area contributed by atoms with Crippen molar-refractivity contribution >= 4 is 23.8 Å².